The van der Waals surface area contributed by atoms with Gasteiger partial charge in [-0.2, -0.15) is 0 Å². The van der Waals surface area contributed by atoms with Gasteiger partial charge in [-0.3, -0.25) is 0 Å². The maximum absolute atomic E-state index is 9.31. The summed E-state index contributed by atoms with van der Waals surface area (Å²) in [7, 11) is 1.08. The van der Waals surface area contributed by atoms with Crippen LogP contribution in [-0.4, -0.2) is 17.1 Å². The van der Waals surface area contributed by atoms with Gasteiger partial charge in [0.25, 0.3) is 0 Å². The van der Waals surface area contributed by atoms with Gasteiger partial charge in [0.15, 0.2) is 12.3 Å². The Morgan fingerprint density at radius 2 is 2.20 bits per heavy atom. The lowest BCUT2D eigenvalue weighted by atomic mass is 11.5. The fourth-order valence-corrected chi connectivity index (χ4v) is 0. The second-order valence-electron chi connectivity index (χ2n) is 0.554. The average Bonchev–Trinajstić information content (AvgIpc) is 1.38. The molecule has 0 spiro atoms. The van der Waals surface area contributed by atoms with E-state index >= 15 is 0 Å². The molecule has 0 amide bonds. The average molecular weight is 76.1 g/mol. The van der Waals surface area contributed by atoms with Crippen molar-refractivity contribution in [2.24, 2.45) is 5.28 Å². The summed E-state index contributed by atoms with van der Waals surface area (Å²) in [6.45, 7) is 0. The van der Waals surface area contributed by atoms with Gasteiger partial charge in [-0.25, -0.2) is 0 Å². The molecule has 0 aliphatic heterocycles. The van der Waals surface area contributed by atoms with Gasteiger partial charge < -0.3 is 10.4 Å². The molecule has 0 saturated heterocycles. The van der Waals surface area contributed by atoms with Crippen molar-refractivity contribution in [3.05, 3.63) is 5.21 Å². The molecule has 0 unspecified atom stereocenters. The van der Waals surface area contributed by atoms with Gasteiger partial charge in [-0.05, 0) is 0 Å². The third-order valence-electron chi connectivity index (χ3n) is 0.126. The van der Waals surface area contributed by atoms with Crippen LogP contribution < -0.4 is 0 Å². The molecule has 4 heteroatoms. The van der Waals surface area contributed by atoms with Gasteiger partial charge in [0.2, 0.25) is 0 Å². The molecule has 0 atom stereocenters. The first-order valence-electron chi connectivity index (χ1n) is 1.03. The van der Waals surface area contributed by atoms with Crippen molar-refractivity contribution in [1.82, 2.24) is 0 Å². The van der Waals surface area contributed by atoms with E-state index in [0.29, 0.717) is 0 Å². The summed E-state index contributed by atoms with van der Waals surface area (Å²) >= 11 is 0. The maximum Gasteiger partial charge on any atom is 0.197 e. The molecule has 0 aromatic rings. The van der Waals surface area contributed by atoms with Crippen LogP contribution in [0.1, 0.15) is 0 Å². The van der Waals surface area contributed by atoms with E-state index in [2.05, 4.69) is 5.28 Å². The summed E-state index contributed by atoms with van der Waals surface area (Å²) < 4.78 is 0. The van der Waals surface area contributed by atoms with Crippen molar-refractivity contribution in [2.75, 3.05) is 7.05 Å². The Balaban J connectivity index is 3.14. The van der Waals surface area contributed by atoms with E-state index in [1.807, 2.05) is 0 Å². The molecule has 0 heterocycles. The Hall–Kier alpha value is -0.800. The molecule has 0 aromatic heterocycles. The van der Waals surface area contributed by atoms with E-state index in [1.165, 1.54) is 0 Å². The normalized spacial score (nSPS) is 11.8. The smallest absolute Gasteiger partial charge is 0.197 e. The quantitative estimate of drug-likeness (QED) is 0.250. The molecule has 0 bridgehead atoms. The number of nitrogens with zero attached hydrogens (tertiary/aromatic N) is 2. The Morgan fingerprint density at radius 3 is 2.20 bits per heavy atom. The minimum atomic E-state index is 0.0556. The summed E-state index contributed by atoms with van der Waals surface area (Å²) in [4.78, 5) is 0.0556. The number of rotatable bonds is 0. The van der Waals surface area contributed by atoms with Crippen molar-refractivity contribution >= 4 is 0 Å². The SMILES string of the molecule is C[N+]([O-])=NO. The molecule has 0 radical (unpaired) electrons. The zero-order chi connectivity index (χ0) is 4.28. The molecule has 5 heavy (non-hydrogen) atoms. The summed E-state index contributed by atoms with van der Waals surface area (Å²) in [6, 6.07) is 0. The minimum absolute atomic E-state index is 0.0556. The summed E-state index contributed by atoms with van der Waals surface area (Å²) in [5.41, 5.74) is 0. The molecular formula is CH4N2O2. The summed E-state index contributed by atoms with van der Waals surface area (Å²) in [5.74, 6) is 0. The minimum Gasteiger partial charge on any atom is -0.598 e. The van der Waals surface area contributed by atoms with Crippen LogP contribution in [0.25, 0.3) is 0 Å². The number of hydroxylamine groups is 1. The van der Waals surface area contributed by atoms with Crippen LogP contribution in [-0.2, 0) is 0 Å². The van der Waals surface area contributed by atoms with Crippen molar-refractivity contribution in [3.63, 3.8) is 0 Å². The molecule has 0 fully saturated rings. The monoisotopic (exact) mass is 76.0 g/mol. The molecule has 0 aromatic carbocycles. The van der Waals surface area contributed by atoms with E-state index < -0.39 is 0 Å². The van der Waals surface area contributed by atoms with E-state index in [1.54, 1.807) is 0 Å². The molecule has 4 nitrogen and oxygen atoms in total. The van der Waals surface area contributed by atoms with E-state index in [-0.39, 0.29) is 4.86 Å². The lowest BCUT2D eigenvalue weighted by Gasteiger charge is -1.79. The Morgan fingerprint density at radius 1 is 2.00 bits per heavy atom. The third-order valence-corrected chi connectivity index (χ3v) is 0.126. The molecule has 0 saturated carbocycles. The highest BCUT2D eigenvalue weighted by molar-refractivity contribution is 3.83. The third kappa shape index (κ3) is 3.20. The highest BCUT2D eigenvalue weighted by Gasteiger charge is 1.62. The first-order chi connectivity index (χ1) is 2.27. The van der Waals surface area contributed by atoms with Crippen LogP contribution in [0.2, 0.25) is 0 Å². The topological polar surface area (TPSA) is 58.7 Å². The zero-order valence-corrected chi connectivity index (χ0v) is 2.75. The lowest BCUT2D eigenvalue weighted by Crippen LogP contribution is -1.84. The summed E-state index contributed by atoms with van der Waals surface area (Å²) in [5, 5.41) is 18.9. The fraction of sp³-hybridized carbons (Fsp3) is 1.00. The summed E-state index contributed by atoms with van der Waals surface area (Å²) in [6.07, 6.45) is 0. The van der Waals surface area contributed by atoms with Gasteiger partial charge in [-0.15, -0.1) is 0 Å². The van der Waals surface area contributed by atoms with Crippen molar-refractivity contribution < 1.29 is 10.1 Å². The highest BCUT2D eigenvalue weighted by Crippen LogP contribution is 1.53. The zero-order valence-electron chi connectivity index (χ0n) is 2.75. The standard InChI is InChI=1S/CH4N2O2/c1-3(5)2-4/h4H,1H3. The molecule has 0 aliphatic carbocycles. The first-order valence-corrected chi connectivity index (χ1v) is 1.03. The van der Waals surface area contributed by atoms with Gasteiger partial charge >= 0.3 is 0 Å². The van der Waals surface area contributed by atoms with Gasteiger partial charge in [0.05, 0.1) is 0 Å². The lowest BCUT2D eigenvalue weighted by molar-refractivity contribution is -0.526. The maximum atomic E-state index is 9.31. The first kappa shape index (κ1) is 4.20. The molecular weight excluding hydrogens is 72.0 g/mol. The van der Waals surface area contributed by atoms with Crippen LogP contribution in [0.4, 0.5) is 0 Å². The van der Waals surface area contributed by atoms with Crippen molar-refractivity contribution in [1.29, 1.82) is 0 Å². The van der Waals surface area contributed by atoms with Gasteiger partial charge in [-0.1, -0.05) is 4.86 Å². The largest absolute Gasteiger partial charge is 0.598 e. The highest BCUT2D eigenvalue weighted by atomic mass is 16.6. The van der Waals surface area contributed by atoms with E-state index in [4.69, 9.17) is 5.21 Å². The van der Waals surface area contributed by atoms with Gasteiger partial charge in [0, 0.05) is 0 Å². The molecule has 1 N–H and O–H groups in total. The molecule has 0 rings (SSSR count). The second kappa shape index (κ2) is 1.51. The number of hydrogen-bond acceptors (Lipinski definition) is 2. The van der Waals surface area contributed by atoms with Crippen LogP contribution in [0, 0.1) is 5.21 Å². The Kier molecular flexibility index (Phi) is 1.27. The van der Waals surface area contributed by atoms with Crippen LogP contribution >= 0.6 is 0 Å². The molecule has 30 valence electrons. The fourth-order valence-electron chi connectivity index (χ4n) is 0. The van der Waals surface area contributed by atoms with Crippen LogP contribution in [0.5, 0.6) is 0 Å². The van der Waals surface area contributed by atoms with Gasteiger partial charge in [0.1, 0.15) is 0 Å². The van der Waals surface area contributed by atoms with Crippen LogP contribution in [0.3, 0.4) is 0 Å². The Labute approximate surface area is 28.9 Å². The number of hydrogen-bond donors (Lipinski definition) is 1. The molecule has 0 aliphatic rings. The van der Waals surface area contributed by atoms with E-state index in [9.17, 15) is 5.21 Å². The second-order valence-corrected chi connectivity index (χ2v) is 0.554. The van der Waals surface area contributed by atoms with Crippen molar-refractivity contribution in [2.45, 2.75) is 0 Å². The predicted molar refractivity (Wildman–Crippen MR) is 13.8 cm³/mol. The Bertz CT molecular complexity index is 45.6. The predicted octanol–water partition coefficient (Wildman–Crippen LogP) is -0.0321. The van der Waals surface area contributed by atoms with Crippen LogP contribution in [0.15, 0.2) is 5.28 Å². The van der Waals surface area contributed by atoms with E-state index in [0.717, 1.165) is 7.05 Å². The van der Waals surface area contributed by atoms with Crippen molar-refractivity contribution in [3.8, 4) is 0 Å².